The molecule has 0 amide bonds. The Hall–Kier alpha value is -1.76. The number of fused-ring (bicyclic) bond motifs is 1. The molecular formula is C8H6F3N3O. The number of hydrogen-bond acceptors (Lipinski definition) is 4. The third-order valence-electron chi connectivity index (χ3n) is 1.85. The zero-order chi connectivity index (χ0) is 11.1. The molecule has 0 aliphatic carbocycles. The molecule has 3 N–H and O–H groups in total. The summed E-state index contributed by atoms with van der Waals surface area (Å²) in [6.45, 7) is 0. The highest BCUT2D eigenvalue weighted by molar-refractivity contribution is 5.78. The van der Waals surface area contributed by atoms with E-state index in [9.17, 15) is 13.2 Å². The highest BCUT2D eigenvalue weighted by Crippen LogP contribution is 2.34. The minimum atomic E-state index is -4.46. The molecule has 0 radical (unpaired) electrons. The standard InChI is InChI=1S/C8H6F3N3O/c9-8(10,11)4-2-1-3-5-6(4)13-7(14-12)15-5/h1-3H,12H2,(H,13,14). The van der Waals surface area contributed by atoms with Crippen molar-refractivity contribution in [1.29, 1.82) is 0 Å². The lowest BCUT2D eigenvalue weighted by molar-refractivity contribution is -0.136. The number of anilines is 1. The quantitative estimate of drug-likeness (QED) is 0.567. The summed E-state index contributed by atoms with van der Waals surface area (Å²) in [5.74, 6) is 4.99. The highest BCUT2D eigenvalue weighted by atomic mass is 19.4. The zero-order valence-corrected chi connectivity index (χ0v) is 7.30. The molecule has 2 rings (SSSR count). The molecule has 0 bridgehead atoms. The Labute approximate surface area is 81.8 Å². The van der Waals surface area contributed by atoms with Gasteiger partial charge in [0.2, 0.25) is 0 Å². The van der Waals surface area contributed by atoms with Gasteiger partial charge in [0.1, 0.15) is 5.52 Å². The second-order valence-corrected chi connectivity index (χ2v) is 2.81. The van der Waals surface area contributed by atoms with E-state index in [1.165, 1.54) is 12.1 Å². The third-order valence-corrected chi connectivity index (χ3v) is 1.85. The molecule has 0 fully saturated rings. The molecule has 0 aliphatic heterocycles. The molecule has 1 aromatic heterocycles. The van der Waals surface area contributed by atoms with Gasteiger partial charge in [0.05, 0.1) is 5.56 Å². The van der Waals surface area contributed by atoms with Crippen LogP contribution in [-0.2, 0) is 6.18 Å². The molecule has 7 heteroatoms. The highest BCUT2D eigenvalue weighted by Gasteiger charge is 2.34. The number of benzene rings is 1. The van der Waals surface area contributed by atoms with E-state index < -0.39 is 11.7 Å². The molecule has 0 spiro atoms. The number of rotatable bonds is 1. The number of nitrogens with zero attached hydrogens (tertiary/aromatic N) is 1. The number of alkyl halides is 3. The molecule has 0 unspecified atom stereocenters. The Morgan fingerprint density at radius 1 is 1.33 bits per heavy atom. The Morgan fingerprint density at radius 2 is 2.07 bits per heavy atom. The van der Waals surface area contributed by atoms with Gasteiger partial charge in [-0.15, -0.1) is 0 Å². The van der Waals surface area contributed by atoms with E-state index in [0.29, 0.717) is 0 Å². The van der Waals surface area contributed by atoms with Crippen molar-refractivity contribution >= 4 is 17.1 Å². The van der Waals surface area contributed by atoms with Crippen LogP contribution in [0, 0.1) is 0 Å². The number of hydrogen-bond donors (Lipinski definition) is 2. The Balaban J connectivity index is 2.70. The maximum Gasteiger partial charge on any atom is 0.418 e. The van der Waals surface area contributed by atoms with Crippen LogP contribution >= 0.6 is 0 Å². The van der Waals surface area contributed by atoms with E-state index in [0.717, 1.165) is 6.07 Å². The van der Waals surface area contributed by atoms with Gasteiger partial charge < -0.3 is 4.42 Å². The van der Waals surface area contributed by atoms with Crippen molar-refractivity contribution in [2.75, 3.05) is 5.43 Å². The molecule has 1 aromatic carbocycles. The summed E-state index contributed by atoms with van der Waals surface area (Å²) in [7, 11) is 0. The van der Waals surface area contributed by atoms with E-state index in [1.807, 2.05) is 5.43 Å². The van der Waals surface area contributed by atoms with E-state index in [-0.39, 0.29) is 17.1 Å². The molecular weight excluding hydrogens is 211 g/mol. The first kappa shape index (κ1) is 9.78. The topological polar surface area (TPSA) is 64.1 Å². The lowest BCUT2D eigenvalue weighted by Gasteiger charge is -2.05. The van der Waals surface area contributed by atoms with Gasteiger partial charge in [0.15, 0.2) is 5.58 Å². The minimum absolute atomic E-state index is 0.0396. The van der Waals surface area contributed by atoms with Gasteiger partial charge in [0, 0.05) is 0 Å². The fourth-order valence-corrected chi connectivity index (χ4v) is 1.24. The number of aromatic nitrogens is 1. The van der Waals surface area contributed by atoms with Crippen molar-refractivity contribution in [3.8, 4) is 0 Å². The molecule has 1 heterocycles. The third kappa shape index (κ3) is 1.61. The van der Waals surface area contributed by atoms with Crippen LogP contribution in [0.4, 0.5) is 19.2 Å². The van der Waals surface area contributed by atoms with E-state index >= 15 is 0 Å². The van der Waals surface area contributed by atoms with Crippen LogP contribution in [0.3, 0.4) is 0 Å². The number of para-hydroxylation sites is 1. The van der Waals surface area contributed by atoms with Crippen molar-refractivity contribution < 1.29 is 17.6 Å². The van der Waals surface area contributed by atoms with Crippen LogP contribution in [0.25, 0.3) is 11.1 Å². The molecule has 2 aromatic rings. The van der Waals surface area contributed by atoms with Gasteiger partial charge in [-0.3, -0.25) is 5.43 Å². The fraction of sp³-hybridized carbons (Fsp3) is 0.125. The summed E-state index contributed by atoms with van der Waals surface area (Å²) in [5.41, 5.74) is 0.995. The van der Waals surface area contributed by atoms with Crippen molar-refractivity contribution in [3.63, 3.8) is 0 Å². The molecule has 80 valence electrons. The Kier molecular flexibility index (Phi) is 2.04. The van der Waals surface area contributed by atoms with Gasteiger partial charge in [-0.1, -0.05) is 6.07 Å². The van der Waals surface area contributed by atoms with E-state index in [2.05, 4.69) is 4.98 Å². The summed E-state index contributed by atoms with van der Waals surface area (Å²) in [6, 6.07) is 3.42. The first-order chi connectivity index (χ1) is 7.02. The SMILES string of the molecule is NNc1nc2c(C(F)(F)F)cccc2o1. The van der Waals surface area contributed by atoms with Crippen molar-refractivity contribution in [2.24, 2.45) is 5.84 Å². The number of nitrogens with one attached hydrogen (secondary N) is 1. The van der Waals surface area contributed by atoms with Gasteiger partial charge in [-0.05, 0) is 12.1 Å². The van der Waals surface area contributed by atoms with Gasteiger partial charge >= 0.3 is 12.2 Å². The molecule has 0 saturated carbocycles. The molecule has 0 saturated heterocycles. The summed E-state index contributed by atoms with van der Waals surface area (Å²) in [5, 5.41) is 0. The van der Waals surface area contributed by atoms with Gasteiger partial charge in [0.25, 0.3) is 0 Å². The van der Waals surface area contributed by atoms with Crippen molar-refractivity contribution in [3.05, 3.63) is 23.8 Å². The molecule has 15 heavy (non-hydrogen) atoms. The number of nitrogens with two attached hydrogens (primary N) is 1. The van der Waals surface area contributed by atoms with Crippen LogP contribution < -0.4 is 11.3 Å². The number of nitrogen functional groups attached to an aromatic ring is 1. The van der Waals surface area contributed by atoms with Crippen LogP contribution in [0.15, 0.2) is 22.6 Å². The Morgan fingerprint density at radius 3 is 2.67 bits per heavy atom. The maximum absolute atomic E-state index is 12.5. The average Bonchev–Trinajstić information content (AvgIpc) is 2.57. The van der Waals surface area contributed by atoms with Crippen LogP contribution in [-0.4, -0.2) is 4.98 Å². The molecule has 0 aliphatic rings. The summed E-state index contributed by atoms with van der Waals surface area (Å²) >= 11 is 0. The first-order valence-electron chi connectivity index (χ1n) is 3.96. The second-order valence-electron chi connectivity index (χ2n) is 2.81. The van der Waals surface area contributed by atoms with E-state index in [1.54, 1.807) is 0 Å². The fourth-order valence-electron chi connectivity index (χ4n) is 1.24. The summed E-state index contributed by atoms with van der Waals surface area (Å²) in [4.78, 5) is 3.57. The summed E-state index contributed by atoms with van der Waals surface area (Å²) < 4.78 is 42.4. The lowest BCUT2D eigenvalue weighted by Crippen LogP contribution is -2.07. The van der Waals surface area contributed by atoms with Crippen molar-refractivity contribution in [1.82, 2.24) is 4.98 Å². The smallest absolute Gasteiger partial charge is 0.418 e. The van der Waals surface area contributed by atoms with E-state index in [4.69, 9.17) is 10.3 Å². The lowest BCUT2D eigenvalue weighted by atomic mass is 10.2. The normalized spacial score (nSPS) is 12.0. The molecule has 4 nitrogen and oxygen atoms in total. The van der Waals surface area contributed by atoms with Crippen LogP contribution in [0.5, 0.6) is 0 Å². The maximum atomic E-state index is 12.5. The monoisotopic (exact) mass is 217 g/mol. The molecule has 0 atom stereocenters. The number of oxazole rings is 1. The van der Waals surface area contributed by atoms with Gasteiger partial charge in [-0.25, -0.2) is 5.84 Å². The predicted molar refractivity (Wildman–Crippen MR) is 46.8 cm³/mol. The van der Waals surface area contributed by atoms with Gasteiger partial charge in [-0.2, -0.15) is 18.2 Å². The second kappa shape index (κ2) is 3.13. The Bertz CT molecular complexity index is 491. The predicted octanol–water partition coefficient (Wildman–Crippen LogP) is 2.13. The van der Waals surface area contributed by atoms with Crippen LogP contribution in [0.1, 0.15) is 5.56 Å². The largest absolute Gasteiger partial charge is 0.423 e. The van der Waals surface area contributed by atoms with Crippen molar-refractivity contribution in [2.45, 2.75) is 6.18 Å². The number of halogens is 3. The van der Waals surface area contributed by atoms with Crippen LogP contribution in [0.2, 0.25) is 0 Å². The average molecular weight is 217 g/mol. The summed E-state index contributed by atoms with van der Waals surface area (Å²) in [6.07, 6.45) is -4.46. The first-order valence-corrected chi connectivity index (χ1v) is 3.96. The zero-order valence-electron chi connectivity index (χ0n) is 7.30. The number of hydrazine groups is 1. The minimum Gasteiger partial charge on any atom is -0.423 e.